The van der Waals surface area contributed by atoms with Gasteiger partial charge in [-0.25, -0.2) is 9.18 Å². The number of esters is 1. The van der Waals surface area contributed by atoms with Crippen LogP contribution in [0.2, 0.25) is 0 Å². The van der Waals surface area contributed by atoms with E-state index in [9.17, 15) is 24.1 Å². The summed E-state index contributed by atoms with van der Waals surface area (Å²) in [4.78, 5) is 33.9. The van der Waals surface area contributed by atoms with Crippen LogP contribution < -0.4 is 14.8 Å². The van der Waals surface area contributed by atoms with Crippen LogP contribution in [0.5, 0.6) is 11.5 Å². The van der Waals surface area contributed by atoms with E-state index in [-0.39, 0.29) is 16.9 Å². The Bertz CT molecular complexity index is 916. The summed E-state index contributed by atoms with van der Waals surface area (Å²) >= 11 is 0. The van der Waals surface area contributed by atoms with E-state index < -0.39 is 29.2 Å². The molecule has 0 atom stereocenters. The lowest BCUT2D eigenvalue weighted by atomic mass is 10.2. The molecular formula is C17H13FN2O7. The summed E-state index contributed by atoms with van der Waals surface area (Å²) in [5.41, 5.74) is -0.627. The molecule has 9 nitrogen and oxygen atoms in total. The first-order chi connectivity index (χ1) is 12.9. The number of hydrogen-bond donors (Lipinski definition) is 1. The Hall–Kier alpha value is -3.69. The molecule has 1 heterocycles. The smallest absolute Gasteiger partial charge is 0.338 e. The van der Waals surface area contributed by atoms with E-state index >= 15 is 0 Å². The fourth-order valence-electron chi connectivity index (χ4n) is 2.29. The number of amides is 1. The van der Waals surface area contributed by atoms with Crippen LogP contribution in [0, 0.1) is 15.9 Å². The fourth-order valence-corrected chi connectivity index (χ4v) is 2.29. The van der Waals surface area contributed by atoms with Gasteiger partial charge in [-0.3, -0.25) is 14.9 Å². The van der Waals surface area contributed by atoms with E-state index in [2.05, 4.69) is 5.32 Å². The number of non-ortho nitro benzene ring substituents is 1. The van der Waals surface area contributed by atoms with Crippen molar-refractivity contribution >= 4 is 23.3 Å². The minimum atomic E-state index is -0.855. The normalized spacial score (nSPS) is 12.2. The number of ether oxygens (including phenoxy) is 3. The first-order valence-corrected chi connectivity index (χ1v) is 7.74. The highest BCUT2D eigenvalue weighted by molar-refractivity contribution is 5.96. The summed E-state index contributed by atoms with van der Waals surface area (Å²) in [5.74, 6) is -1.61. The first kappa shape index (κ1) is 18.1. The molecule has 2 aromatic rings. The fraction of sp³-hybridized carbons (Fsp3) is 0.176. The molecule has 1 aliphatic heterocycles. The van der Waals surface area contributed by atoms with Gasteiger partial charge in [-0.2, -0.15) is 0 Å². The molecule has 1 amide bonds. The molecule has 0 saturated heterocycles. The van der Waals surface area contributed by atoms with Gasteiger partial charge in [0.25, 0.3) is 11.6 Å². The second-order valence-corrected chi connectivity index (χ2v) is 5.40. The number of anilines is 1. The van der Waals surface area contributed by atoms with Gasteiger partial charge in [0.15, 0.2) is 18.1 Å². The highest BCUT2D eigenvalue weighted by Gasteiger charge is 2.18. The number of nitro groups is 1. The number of rotatable bonds is 5. The molecule has 10 heteroatoms. The Morgan fingerprint density at radius 1 is 1.15 bits per heavy atom. The molecule has 140 valence electrons. The Kier molecular flexibility index (Phi) is 5.15. The summed E-state index contributed by atoms with van der Waals surface area (Å²) in [6, 6.07) is 7.12. The number of nitro benzene ring substituents is 1. The van der Waals surface area contributed by atoms with E-state index in [1.165, 1.54) is 12.1 Å². The summed E-state index contributed by atoms with van der Waals surface area (Å²) < 4.78 is 29.2. The van der Waals surface area contributed by atoms with Gasteiger partial charge in [0.05, 0.1) is 16.2 Å². The lowest BCUT2D eigenvalue weighted by Gasteiger charge is -2.18. The molecule has 27 heavy (non-hydrogen) atoms. The SMILES string of the molecule is O=C(COC(=O)c1ccc2c(c1)OCCO2)Nc1cc([N+](=O)[O-])ccc1F. The Labute approximate surface area is 151 Å². The Balaban J connectivity index is 1.60. The van der Waals surface area contributed by atoms with E-state index in [0.717, 1.165) is 18.2 Å². The zero-order chi connectivity index (χ0) is 19.4. The lowest BCUT2D eigenvalue weighted by molar-refractivity contribution is -0.384. The summed E-state index contributed by atoms with van der Waals surface area (Å²) in [7, 11) is 0. The maximum atomic E-state index is 13.6. The summed E-state index contributed by atoms with van der Waals surface area (Å²) in [6.45, 7) is 0.0588. The molecule has 0 aromatic heterocycles. The van der Waals surface area contributed by atoms with E-state index in [4.69, 9.17) is 14.2 Å². The minimum Gasteiger partial charge on any atom is -0.486 e. The van der Waals surface area contributed by atoms with Crippen LogP contribution in [0.15, 0.2) is 36.4 Å². The zero-order valence-corrected chi connectivity index (χ0v) is 13.8. The topological polar surface area (TPSA) is 117 Å². The number of nitrogens with zero attached hydrogens (tertiary/aromatic N) is 1. The van der Waals surface area contributed by atoms with E-state index in [1.54, 1.807) is 6.07 Å². The van der Waals surface area contributed by atoms with Crippen LogP contribution >= 0.6 is 0 Å². The van der Waals surface area contributed by atoms with Crippen molar-refractivity contribution in [1.82, 2.24) is 0 Å². The second-order valence-electron chi connectivity index (χ2n) is 5.40. The van der Waals surface area contributed by atoms with Gasteiger partial charge < -0.3 is 19.5 Å². The van der Waals surface area contributed by atoms with Gasteiger partial charge in [-0.05, 0) is 24.3 Å². The van der Waals surface area contributed by atoms with Crippen LogP contribution in [0.3, 0.4) is 0 Å². The third-order valence-corrected chi connectivity index (χ3v) is 3.55. The van der Waals surface area contributed by atoms with Gasteiger partial charge in [-0.15, -0.1) is 0 Å². The van der Waals surface area contributed by atoms with Gasteiger partial charge in [0, 0.05) is 12.1 Å². The number of hydrogen-bond acceptors (Lipinski definition) is 7. The van der Waals surface area contributed by atoms with Crippen molar-refractivity contribution in [3.05, 3.63) is 57.9 Å². The number of benzene rings is 2. The van der Waals surface area contributed by atoms with Crippen LogP contribution in [-0.2, 0) is 9.53 Å². The molecule has 0 spiro atoms. The van der Waals surface area contributed by atoms with Crippen LogP contribution in [0.4, 0.5) is 15.8 Å². The molecule has 0 aliphatic carbocycles. The predicted octanol–water partition coefficient (Wildman–Crippen LogP) is 2.30. The van der Waals surface area contributed by atoms with Gasteiger partial charge in [-0.1, -0.05) is 0 Å². The van der Waals surface area contributed by atoms with Gasteiger partial charge in [0.1, 0.15) is 19.0 Å². The molecule has 0 saturated carbocycles. The lowest BCUT2D eigenvalue weighted by Crippen LogP contribution is -2.22. The molecule has 1 aliphatic rings. The molecule has 0 unspecified atom stereocenters. The molecule has 2 aromatic carbocycles. The molecule has 0 bridgehead atoms. The maximum absolute atomic E-state index is 13.6. The van der Waals surface area contributed by atoms with Gasteiger partial charge >= 0.3 is 5.97 Å². The van der Waals surface area contributed by atoms with Crippen LogP contribution in [-0.4, -0.2) is 36.6 Å². The highest BCUT2D eigenvalue weighted by atomic mass is 19.1. The van der Waals surface area contributed by atoms with E-state index in [1.807, 2.05) is 0 Å². The second kappa shape index (κ2) is 7.68. The number of carbonyl (C=O) groups is 2. The predicted molar refractivity (Wildman–Crippen MR) is 89.4 cm³/mol. The van der Waals surface area contributed by atoms with Crippen molar-refractivity contribution in [1.29, 1.82) is 0 Å². The number of carbonyl (C=O) groups excluding carboxylic acids is 2. The third-order valence-electron chi connectivity index (χ3n) is 3.55. The van der Waals surface area contributed by atoms with Gasteiger partial charge in [0.2, 0.25) is 0 Å². The zero-order valence-electron chi connectivity index (χ0n) is 13.8. The van der Waals surface area contributed by atoms with Crippen LogP contribution in [0.25, 0.3) is 0 Å². The molecule has 0 radical (unpaired) electrons. The third kappa shape index (κ3) is 4.29. The van der Waals surface area contributed by atoms with Crippen molar-refractivity contribution in [3.63, 3.8) is 0 Å². The standard InChI is InChI=1S/C17H13FN2O7/c18-12-3-2-11(20(23)24)8-13(12)19-16(21)9-27-17(22)10-1-4-14-15(7-10)26-6-5-25-14/h1-4,7-8H,5-6,9H2,(H,19,21). The van der Waals surface area contributed by atoms with E-state index in [0.29, 0.717) is 24.7 Å². The Morgan fingerprint density at radius 3 is 2.63 bits per heavy atom. The number of nitrogens with one attached hydrogen (secondary N) is 1. The van der Waals surface area contributed by atoms with Crippen molar-refractivity contribution in [2.45, 2.75) is 0 Å². The molecular weight excluding hydrogens is 363 g/mol. The molecule has 1 N–H and O–H groups in total. The quantitative estimate of drug-likeness (QED) is 0.483. The number of fused-ring (bicyclic) bond motifs is 1. The largest absolute Gasteiger partial charge is 0.486 e. The summed E-state index contributed by atoms with van der Waals surface area (Å²) in [6.07, 6.45) is 0. The minimum absolute atomic E-state index is 0.147. The van der Waals surface area contributed by atoms with Crippen LogP contribution in [0.1, 0.15) is 10.4 Å². The average Bonchev–Trinajstić information content (AvgIpc) is 2.67. The van der Waals surface area contributed by atoms with Crippen molar-refractivity contribution in [2.24, 2.45) is 0 Å². The molecule has 0 fully saturated rings. The van der Waals surface area contributed by atoms with Crippen molar-refractivity contribution in [2.75, 3.05) is 25.1 Å². The highest BCUT2D eigenvalue weighted by Crippen LogP contribution is 2.31. The monoisotopic (exact) mass is 376 g/mol. The number of halogens is 1. The summed E-state index contributed by atoms with van der Waals surface area (Å²) in [5, 5.41) is 12.8. The Morgan fingerprint density at radius 2 is 1.89 bits per heavy atom. The molecule has 3 rings (SSSR count). The average molecular weight is 376 g/mol. The first-order valence-electron chi connectivity index (χ1n) is 7.74. The van der Waals surface area contributed by atoms with Crippen molar-refractivity contribution < 1.29 is 33.1 Å². The maximum Gasteiger partial charge on any atom is 0.338 e. The van der Waals surface area contributed by atoms with Crippen molar-refractivity contribution in [3.8, 4) is 11.5 Å².